The van der Waals surface area contributed by atoms with Crippen LogP contribution in [0.3, 0.4) is 0 Å². The molecule has 0 bridgehead atoms. The van der Waals surface area contributed by atoms with E-state index in [0.717, 1.165) is 29.9 Å². The highest BCUT2D eigenvalue weighted by molar-refractivity contribution is 7.07. The summed E-state index contributed by atoms with van der Waals surface area (Å²) in [7, 11) is 0. The van der Waals surface area contributed by atoms with E-state index in [9.17, 15) is 19.5 Å². The largest absolute Gasteiger partial charge is 0.480 e. The first kappa shape index (κ1) is 15.8. The maximum Gasteiger partial charge on any atom is 0.326 e. The fourth-order valence-electron chi connectivity index (χ4n) is 2.76. The number of aryl methyl sites for hydroxylation is 1. The van der Waals surface area contributed by atoms with Gasteiger partial charge < -0.3 is 10.0 Å². The third-order valence-electron chi connectivity index (χ3n) is 4.16. The molecule has 1 aliphatic rings. The van der Waals surface area contributed by atoms with Crippen LogP contribution in [0.2, 0.25) is 0 Å². The Morgan fingerprint density at radius 1 is 1.48 bits per heavy atom. The van der Waals surface area contributed by atoms with Gasteiger partial charge in [0, 0.05) is 17.6 Å². The van der Waals surface area contributed by atoms with Gasteiger partial charge in [0.1, 0.15) is 12.6 Å². The summed E-state index contributed by atoms with van der Waals surface area (Å²) in [6.07, 6.45) is 2.24. The summed E-state index contributed by atoms with van der Waals surface area (Å²) >= 11 is 1.05. The van der Waals surface area contributed by atoms with E-state index in [0.29, 0.717) is 18.9 Å². The Morgan fingerprint density at radius 2 is 2.19 bits per heavy atom. The fraction of sp³-hybridized carbons (Fsp3) is 0.643. The molecule has 0 aliphatic carbocycles. The van der Waals surface area contributed by atoms with Gasteiger partial charge in [0.2, 0.25) is 5.91 Å². The molecule has 0 spiro atoms. The van der Waals surface area contributed by atoms with E-state index in [1.165, 1.54) is 9.47 Å². The molecule has 2 unspecified atom stereocenters. The zero-order chi connectivity index (χ0) is 15.6. The van der Waals surface area contributed by atoms with Gasteiger partial charge in [0.05, 0.1) is 0 Å². The Balaban J connectivity index is 2.14. The van der Waals surface area contributed by atoms with Crippen molar-refractivity contribution in [2.24, 2.45) is 5.92 Å². The predicted molar refractivity (Wildman–Crippen MR) is 79.5 cm³/mol. The SMILES string of the molecule is CCC1CCN(C(=O)Cn2c(C)csc2=O)C(C(=O)O)C1. The number of hydrogen-bond acceptors (Lipinski definition) is 4. The van der Waals surface area contributed by atoms with Gasteiger partial charge in [-0.15, -0.1) is 0 Å². The molecule has 0 radical (unpaired) electrons. The van der Waals surface area contributed by atoms with Crippen LogP contribution in [0.1, 0.15) is 31.9 Å². The average molecular weight is 312 g/mol. The van der Waals surface area contributed by atoms with Crippen LogP contribution in [0.4, 0.5) is 0 Å². The Morgan fingerprint density at radius 3 is 2.71 bits per heavy atom. The van der Waals surface area contributed by atoms with E-state index < -0.39 is 12.0 Å². The zero-order valence-corrected chi connectivity index (χ0v) is 13.1. The van der Waals surface area contributed by atoms with Crippen molar-refractivity contribution in [3.8, 4) is 0 Å². The zero-order valence-electron chi connectivity index (χ0n) is 12.2. The van der Waals surface area contributed by atoms with E-state index in [1.54, 1.807) is 12.3 Å². The number of nitrogens with zero attached hydrogens (tertiary/aromatic N) is 2. The normalized spacial score (nSPS) is 22.3. The van der Waals surface area contributed by atoms with Crippen LogP contribution in [-0.4, -0.2) is 39.0 Å². The van der Waals surface area contributed by atoms with Crippen molar-refractivity contribution >= 4 is 23.2 Å². The minimum Gasteiger partial charge on any atom is -0.480 e. The number of aliphatic carboxylic acids is 1. The molecule has 7 heteroatoms. The summed E-state index contributed by atoms with van der Waals surface area (Å²) in [6, 6.07) is -0.772. The third kappa shape index (κ3) is 3.34. The molecular weight excluding hydrogens is 292 g/mol. The van der Waals surface area contributed by atoms with E-state index in [4.69, 9.17) is 0 Å². The number of carboxylic acid groups (broad SMARTS) is 1. The Bertz CT molecular complexity index is 592. The molecule has 1 N–H and O–H groups in total. The molecule has 1 amide bonds. The van der Waals surface area contributed by atoms with E-state index in [-0.39, 0.29) is 17.3 Å². The van der Waals surface area contributed by atoms with Gasteiger partial charge in [-0.05, 0) is 25.7 Å². The molecule has 0 aromatic carbocycles. The molecule has 1 aromatic heterocycles. The highest BCUT2D eigenvalue weighted by Gasteiger charge is 2.35. The number of likely N-dealkylation sites (tertiary alicyclic amines) is 1. The number of hydrogen-bond donors (Lipinski definition) is 1. The second kappa shape index (κ2) is 6.43. The van der Waals surface area contributed by atoms with Crippen molar-refractivity contribution in [1.29, 1.82) is 0 Å². The standard InChI is InChI=1S/C14H20N2O4S/c1-3-10-4-5-15(11(6-10)13(18)19)12(17)7-16-9(2)8-21-14(16)20/h8,10-11H,3-7H2,1-2H3,(H,18,19). The van der Waals surface area contributed by atoms with Crippen LogP contribution >= 0.6 is 11.3 Å². The van der Waals surface area contributed by atoms with Crippen molar-refractivity contribution in [3.63, 3.8) is 0 Å². The molecule has 2 atom stereocenters. The van der Waals surface area contributed by atoms with E-state index in [2.05, 4.69) is 0 Å². The predicted octanol–water partition coefficient (Wildman–Crippen LogP) is 1.32. The smallest absolute Gasteiger partial charge is 0.326 e. The summed E-state index contributed by atoms with van der Waals surface area (Å²) in [5.41, 5.74) is 0.730. The highest BCUT2D eigenvalue weighted by Crippen LogP contribution is 2.25. The lowest BCUT2D eigenvalue weighted by Crippen LogP contribution is -2.51. The van der Waals surface area contributed by atoms with Gasteiger partial charge >= 0.3 is 10.8 Å². The molecule has 1 saturated heterocycles. The topological polar surface area (TPSA) is 79.6 Å². The van der Waals surface area contributed by atoms with E-state index in [1.807, 2.05) is 6.92 Å². The summed E-state index contributed by atoms with van der Waals surface area (Å²) in [4.78, 5) is 36.7. The van der Waals surface area contributed by atoms with Crippen LogP contribution in [0.25, 0.3) is 0 Å². The first-order valence-electron chi connectivity index (χ1n) is 7.11. The minimum atomic E-state index is -0.962. The van der Waals surface area contributed by atoms with Gasteiger partial charge in [0.15, 0.2) is 0 Å². The average Bonchev–Trinajstić information content (AvgIpc) is 2.78. The summed E-state index contributed by atoms with van der Waals surface area (Å²) in [5.74, 6) is -0.905. The Kier molecular flexibility index (Phi) is 4.82. The van der Waals surface area contributed by atoms with E-state index >= 15 is 0 Å². The van der Waals surface area contributed by atoms with Gasteiger partial charge in [-0.25, -0.2) is 4.79 Å². The van der Waals surface area contributed by atoms with Gasteiger partial charge in [0.25, 0.3) is 0 Å². The van der Waals surface area contributed by atoms with Crippen molar-refractivity contribution in [1.82, 2.24) is 9.47 Å². The van der Waals surface area contributed by atoms with Crippen molar-refractivity contribution in [2.75, 3.05) is 6.54 Å². The molecule has 21 heavy (non-hydrogen) atoms. The first-order chi connectivity index (χ1) is 9.93. The van der Waals surface area contributed by atoms with Crippen molar-refractivity contribution in [2.45, 2.75) is 45.7 Å². The van der Waals surface area contributed by atoms with Crippen LogP contribution < -0.4 is 4.87 Å². The number of rotatable bonds is 4. The molecular formula is C14H20N2O4S. The second-order valence-corrected chi connectivity index (χ2v) is 6.29. The second-order valence-electron chi connectivity index (χ2n) is 5.47. The molecule has 1 aliphatic heterocycles. The quantitative estimate of drug-likeness (QED) is 0.909. The number of aromatic nitrogens is 1. The Hall–Kier alpha value is -1.63. The van der Waals surface area contributed by atoms with Gasteiger partial charge in [-0.2, -0.15) is 0 Å². The van der Waals surface area contributed by atoms with Crippen molar-refractivity contribution < 1.29 is 14.7 Å². The van der Waals surface area contributed by atoms with Gasteiger partial charge in [-0.3, -0.25) is 14.2 Å². The lowest BCUT2D eigenvalue weighted by Gasteiger charge is -2.37. The molecule has 1 aromatic rings. The number of carboxylic acids is 1. The number of thiazole rings is 1. The highest BCUT2D eigenvalue weighted by atomic mass is 32.1. The molecule has 6 nitrogen and oxygen atoms in total. The third-order valence-corrected chi connectivity index (χ3v) is 5.04. The number of amides is 1. The maximum absolute atomic E-state index is 12.4. The Labute approximate surface area is 127 Å². The van der Waals surface area contributed by atoms with Crippen LogP contribution in [0, 0.1) is 12.8 Å². The first-order valence-corrected chi connectivity index (χ1v) is 7.99. The van der Waals surface area contributed by atoms with Gasteiger partial charge in [-0.1, -0.05) is 24.7 Å². The molecule has 0 saturated carbocycles. The number of carbonyl (C=O) groups excluding carboxylic acids is 1. The fourth-order valence-corrected chi connectivity index (χ4v) is 3.50. The number of piperidine rings is 1. The monoisotopic (exact) mass is 312 g/mol. The lowest BCUT2D eigenvalue weighted by atomic mass is 9.89. The summed E-state index contributed by atoms with van der Waals surface area (Å²) in [5, 5.41) is 11.0. The van der Waals surface area contributed by atoms with Crippen molar-refractivity contribution in [3.05, 3.63) is 20.7 Å². The van der Waals surface area contributed by atoms with Crippen LogP contribution in [-0.2, 0) is 16.1 Å². The molecule has 1 fully saturated rings. The van der Waals surface area contributed by atoms with Crippen LogP contribution in [0.5, 0.6) is 0 Å². The molecule has 2 rings (SSSR count). The minimum absolute atomic E-state index is 0.0747. The molecule has 2 heterocycles. The lowest BCUT2D eigenvalue weighted by molar-refractivity contribution is -0.153. The maximum atomic E-state index is 12.4. The summed E-state index contributed by atoms with van der Waals surface area (Å²) < 4.78 is 1.40. The summed E-state index contributed by atoms with van der Waals surface area (Å²) in [6.45, 7) is 4.18. The van der Waals surface area contributed by atoms with Crippen LogP contribution in [0.15, 0.2) is 10.2 Å². The molecule has 116 valence electrons. The number of carbonyl (C=O) groups is 2.